The summed E-state index contributed by atoms with van der Waals surface area (Å²) in [7, 11) is 0. The second kappa shape index (κ2) is 5.69. The van der Waals surface area contributed by atoms with Crippen molar-refractivity contribution in [2.75, 3.05) is 13.1 Å². The summed E-state index contributed by atoms with van der Waals surface area (Å²) in [4.78, 5) is 13.2. The first kappa shape index (κ1) is 13.8. The third-order valence-corrected chi connectivity index (χ3v) is 4.19. The van der Waals surface area contributed by atoms with E-state index in [0.717, 1.165) is 25.3 Å². The van der Waals surface area contributed by atoms with E-state index >= 15 is 0 Å². The minimum atomic E-state index is -0.691. The van der Waals surface area contributed by atoms with Crippen molar-refractivity contribution in [2.45, 2.75) is 13.5 Å². The Morgan fingerprint density at radius 2 is 2.10 bits per heavy atom. The molecule has 1 aromatic carbocycles. The van der Waals surface area contributed by atoms with Crippen LogP contribution < -0.4 is 0 Å². The van der Waals surface area contributed by atoms with Crippen LogP contribution >= 0.6 is 0 Å². The number of hydrogen-bond donors (Lipinski definition) is 1. The van der Waals surface area contributed by atoms with E-state index < -0.39 is 5.97 Å². The lowest BCUT2D eigenvalue weighted by atomic mass is 9.87. The van der Waals surface area contributed by atoms with E-state index in [2.05, 4.69) is 34.3 Å². The molecule has 0 saturated carbocycles. The minimum absolute atomic E-state index is 0.247. The minimum Gasteiger partial charge on any atom is -0.481 e. The molecule has 1 fully saturated rings. The van der Waals surface area contributed by atoms with Crippen LogP contribution in [-0.2, 0) is 11.3 Å². The highest BCUT2D eigenvalue weighted by Crippen LogP contribution is 2.25. The quantitative estimate of drug-likeness (QED) is 0.913. The van der Waals surface area contributed by atoms with Crippen molar-refractivity contribution in [3.63, 3.8) is 0 Å². The standard InChI is InChI=1S/C16H19N3O2/c1-12(16(20)21)14-10-18(11-14)9-13-3-5-15(6-4-13)19-8-2-7-17-19/h2-8,12,14H,9-11H2,1H3,(H,20,21). The van der Waals surface area contributed by atoms with Gasteiger partial charge in [0.1, 0.15) is 0 Å². The van der Waals surface area contributed by atoms with Crippen LogP contribution in [0.5, 0.6) is 0 Å². The Balaban J connectivity index is 1.54. The molecule has 0 amide bonds. The average Bonchev–Trinajstić information content (AvgIpc) is 2.96. The molecule has 1 atom stereocenters. The molecule has 5 heteroatoms. The van der Waals surface area contributed by atoms with E-state index in [9.17, 15) is 4.79 Å². The third kappa shape index (κ3) is 2.97. The molecule has 0 bridgehead atoms. The zero-order valence-corrected chi connectivity index (χ0v) is 12.0. The summed E-state index contributed by atoms with van der Waals surface area (Å²) in [5.74, 6) is -0.655. The van der Waals surface area contributed by atoms with Crippen molar-refractivity contribution < 1.29 is 9.90 Å². The largest absolute Gasteiger partial charge is 0.481 e. The highest BCUT2D eigenvalue weighted by Gasteiger charge is 2.34. The highest BCUT2D eigenvalue weighted by molar-refractivity contribution is 5.70. The van der Waals surface area contributed by atoms with E-state index in [1.807, 2.05) is 16.9 Å². The summed E-state index contributed by atoms with van der Waals surface area (Å²) in [6.45, 7) is 4.41. The van der Waals surface area contributed by atoms with Crippen LogP contribution in [0.15, 0.2) is 42.7 Å². The van der Waals surface area contributed by atoms with E-state index in [0.29, 0.717) is 0 Å². The Kier molecular flexibility index (Phi) is 3.75. The topological polar surface area (TPSA) is 58.4 Å². The lowest BCUT2D eigenvalue weighted by Crippen LogP contribution is -2.50. The number of nitrogens with zero attached hydrogens (tertiary/aromatic N) is 3. The van der Waals surface area contributed by atoms with E-state index in [4.69, 9.17) is 5.11 Å². The van der Waals surface area contributed by atoms with Crippen LogP contribution in [-0.4, -0.2) is 38.8 Å². The molecule has 1 saturated heterocycles. The van der Waals surface area contributed by atoms with E-state index in [1.54, 1.807) is 13.1 Å². The van der Waals surface area contributed by atoms with Gasteiger partial charge >= 0.3 is 5.97 Å². The molecule has 2 aromatic rings. The molecule has 110 valence electrons. The van der Waals surface area contributed by atoms with Crippen molar-refractivity contribution in [1.82, 2.24) is 14.7 Å². The molecule has 0 aliphatic carbocycles. The number of rotatable bonds is 5. The molecule has 2 heterocycles. The predicted molar refractivity (Wildman–Crippen MR) is 79.1 cm³/mol. The number of likely N-dealkylation sites (tertiary alicyclic amines) is 1. The van der Waals surface area contributed by atoms with Crippen molar-refractivity contribution in [1.29, 1.82) is 0 Å². The summed E-state index contributed by atoms with van der Waals surface area (Å²) in [5.41, 5.74) is 2.29. The van der Waals surface area contributed by atoms with E-state index in [1.165, 1.54) is 5.56 Å². The van der Waals surface area contributed by atoms with Crippen molar-refractivity contribution >= 4 is 5.97 Å². The number of benzene rings is 1. The molecule has 1 aliphatic rings. The van der Waals surface area contributed by atoms with Gasteiger partial charge < -0.3 is 5.11 Å². The summed E-state index contributed by atoms with van der Waals surface area (Å²) in [6.07, 6.45) is 3.68. The number of hydrogen-bond acceptors (Lipinski definition) is 3. The number of carbonyl (C=O) groups is 1. The van der Waals surface area contributed by atoms with Gasteiger partial charge in [-0.2, -0.15) is 5.10 Å². The Bertz CT molecular complexity index is 601. The maximum atomic E-state index is 10.9. The zero-order valence-electron chi connectivity index (χ0n) is 12.0. The van der Waals surface area contributed by atoms with Crippen LogP contribution in [0.25, 0.3) is 5.69 Å². The smallest absolute Gasteiger partial charge is 0.306 e. The maximum Gasteiger partial charge on any atom is 0.306 e. The zero-order chi connectivity index (χ0) is 14.8. The normalized spacial score (nSPS) is 17.4. The Morgan fingerprint density at radius 3 is 2.67 bits per heavy atom. The van der Waals surface area contributed by atoms with Crippen LogP contribution in [0.4, 0.5) is 0 Å². The van der Waals surface area contributed by atoms with Crippen LogP contribution in [0.1, 0.15) is 12.5 Å². The second-order valence-corrected chi connectivity index (χ2v) is 5.70. The molecule has 1 N–H and O–H groups in total. The molecule has 0 spiro atoms. The predicted octanol–water partition coefficient (Wildman–Crippen LogP) is 2.02. The second-order valence-electron chi connectivity index (χ2n) is 5.70. The van der Waals surface area contributed by atoms with Crippen LogP contribution in [0.3, 0.4) is 0 Å². The number of carboxylic acids is 1. The maximum absolute atomic E-state index is 10.9. The van der Waals surface area contributed by atoms with Crippen LogP contribution in [0.2, 0.25) is 0 Å². The lowest BCUT2D eigenvalue weighted by molar-refractivity contribution is -0.145. The fraction of sp³-hybridized carbons (Fsp3) is 0.375. The summed E-state index contributed by atoms with van der Waals surface area (Å²) < 4.78 is 1.83. The van der Waals surface area contributed by atoms with Gasteiger partial charge in [0.2, 0.25) is 0 Å². The van der Waals surface area contributed by atoms with Gasteiger partial charge in [-0.3, -0.25) is 9.69 Å². The number of aromatic nitrogens is 2. The van der Waals surface area contributed by atoms with Gasteiger partial charge in [-0.1, -0.05) is 19.1 Å². The first-order valence-electron chi connectivity index (χ1n) is 7.17. The Morgan fingerprint density at radius 1 is 1.38 bits per heavy atom. The fourth-order valence-electron chi connectivity index (χ4n) is 2.69. The van der Waals surface area contributed by atoms with Crippen molar-refractivity contribution in [3.8, 4) is 5.69 Å². The third-order valence-electron chi connectivity index (χ3n) is 4.19. The molecule has 0 radical (unpaired) electrons. The number of carboxylic acid groups (broad SMARTS) is 1. The van der Waals surface area contributed by atoms with Gasteiger partial charge in [0.05, 0.1) is 11.6 Å². The van der Waals surface area contributed by atoms with Gasteiger partial charge in [0.25, 0.3) is 0 Å². The Hall–Kier alpha value is -2.14. The molecule has 3 rings (SSSR count). The van der Waals surface area contributed by atoms with E-state index in [-0.39, 0.29) is 11.8 Å². The molecule has 21 heavy (non-hydrogen) atoms. The summed E-state index contributed by atoms with van der Waals surface area (Å²) in [5, 5.41) is 13.2. The summed E-state index contributed by atoms with van der Waals surface area (Å²) in [6, 6.07) is 10.2. The first-order valence-corrected chi connectivity index (χ1v) is 7.17. The number of aliphatic carboxylic acids is 1. The Labute approximate surface area is 123 Å². The van der Waals surface area contributed by atoms with Gasteiger partial charge in [-0.15, -0.1) is 0 Å². The fourth-order valence-corrected chi connectivity index (χ4v) is 2.69. The first-order chi connectivity index (χ1) is 10.1. The highest BCUT2D eigenvalue weighted by atomic mass is 16.4. The van der Waals surface area contributed by atoms with Gasteiger partial charge in [-0.25, -0.2) is 4.68 Å². The monoisotopic (exact) mass is 285 g/mol. The summed E-state index contributed by atoms with van der Waals surface area (Å²) >= 11 is 0. The van der Waals surface area contributed by atoms with Gasteiger partial charge in [0.15, 0.2) is 0 Å². The van der Waals surface area contributed by atoms with Gasteiger partial charge in [0, 0.05) is 32.0 Å². The van der Waals surface area contributed by atoms with Crippen LogP contribution in [0, 0.1) is 11.8 Å². The molecular weight excluding hydrogens is 266 g/mol. The molecular formula is C16H19N3O2. The molecule has 5 nitrogen and oxygen atoms in total. The van der Waals surface area contributed by atoms with Gasteiger partial charge in [-0.05, 0) is 29.7 Å². The molecule has 1 aromatic heterocycles. The molecule has 1 unspecified atom stereocenters. The SMILES string of the molecule is CC(C(=O)O)C1CN(Cc2ccc(-n3cccn3)cc2)C1. The molecule has 1 aliphatic heterocycles. The van der Waals surface area contributed by atoms with Crippen molar-refractivity contribution in [3.05, 3.63) is 48.3 Å². The average molecular weight is 285 g/mol. The lowest BCUT2D eigenvalue weighted by Gasteiger charge is -2.41. The van der Waals surface area contributed by atoms with Crippen molar-refractivity contribution in [2.24, 2.45) is 11.8 Å².